The van der Waals surface area contributed by atoms with Crippen molar-refractivity contribution in [3.8, 4) is 23.0 Å². The number of benzene rings is 3. The molecule has 0 saturated carbocycles. The van der Waals surface area contributed by atoms with Crippen LogP contribution in [0.25, 0.3) is 0 Å². The first-order chi connectivity index (χ1) is 21.4. The minimum absolute atomic E-state index is 0.00254. The molecule has 11 nitrogen and oxygen atoms in total. The Morgan fingerprint density at radius 3 is 2.09 bits per heavy atom. The maximum Gasteiger partial charge on any atom is 0.265 e. The van der Waals surface area contributed by atoms with E-state index < -0.39 is 40.2 Å². The largest absolute Gasteiger partial charge is 0.497 e. The van der Waals surface area contributed by atoms with E-state index in [1.165, 1.54) is 83.9 Å². The Morgan fingerprint density at radius 1 is 0.844 bits per heavy atom. The molecule has 244 valence electrons. The fraction of sp³-hybridized carbons (Fsp3) is 0.375. The summed E-state index contributed by atoms with van der Waals surface area (Å²) in [4.78, 5) is 28.3. The molecule has 1 atom stereocenters. The van der Waals surface area contributed by atoms with Gasteiger partial charge in [-0.1, -0.05) is 32.0 Å². The van der Waals surface area contributed by atoms with Crippen LogP contribution in [0.2, 0.25) is 0 Å². The number of methoxy groups -OCH3 is 4. The standard InChI is InChI=1S/C32H40FN3O8S/c1-21(2)18-34-32(38)22(3)35(19-23-10-8-9-11-26(23)33)31(37)20-36(27-16-24(41-4)12-14-28(27)42-5)45(39,40)25-13-15-29(43-6)30(17-25)44-7/h8-17,21-22H,18-20H2,1-7H3,(H,34,38)/t22-/m1/s1. The van der Waals surface area contributed by atoms with Crippen LogP contribution in [0.15, 0.2) is 65.6 Å². The van der Waals surface area contributed by atoms with Gasteiger partial charge in [0.25, 0.3) is 10.0 Å². The Labute approximate surface area is 263 Å². The van der Waals surface area contributed by atoms with Crippen molar-refractivity contribution in [2.24, 2.45) is 5.92 Å². The molecule has 3 rings (SSSR count). The molecule has 0 aliphatic heterocycles. The van der Waals surface area contributed by atoms with E-state index >= 15 is 0 Å². The van der Waals surface area contributed by atoms with Crippen molar-refractivity contribution in [3.05, 3.63) is 72.0 Å². The zero-order chi connectivity index (χ0) is 33.3. The van der Waals surface area contributed by atoms with E-state index in [0.29, 0.717) is 18.0 Å². The van der Waals surface area contributed by atoms with E-state index in [-0.39, 0.29) is 40.1 Å². The van der Waals surface area contributed by atoms with Crippen LogP contribution in [-0.4, -0.2) is 72.7 Å². The molecule has 0 radical (unpaired) electrons. The second-order valence-corrected chi connectivity index (χ2v) is 12.4. The van der Waals surface area contributed by atoms with Gasteiger partial charge >= 0.3 is 0 Å². The lowest BCUT2D eigenvalue weighted by Gasteiger charge is -2.32. The maximum atomic E-state index is 14.8. The van der Waals surface area contributed by atoms with E-state index in [0.717, 1.165) is 9.21 Å². The number of ether oxygens (including phenoxy) is 4. The third-order valence-electron chi connectivity index (χ3n) is 7.03. The number of halogens is 1. The predicted octanol–water partition coefficient (Wildman–Crippen LogP) is 4.24. The number of anilines is 1. The fourth-order valence-corrected chi connectivity index (χ4v) is 5.89. The van der Waals surface area contributed by atoms with Crippen molar-refractivity contribution < 1.29 is 41.3 Å². The molecule has 0 aromatic heterocycles. The van der Waals surface area contributed by atoms with Gasteiger partial charge in [0.1, 0.15) is 29.9 Å². The highest BCUT2D eigenvalue weighted by molar-refractivity contribution is 7.92. The number of hydrogen-bond acceptors (Lipinski definition) is 8. The zero-order valence-electron chi connectivity index (χ0n) is 26.5. The van der Waals surface area contributed by atoms with Crippen molar-refractivity contribution in [1.82, 2.24) is 10.2 Å². The lowest BCUT2D eigenvalue weighted by Crippen LogP contribution is -2.51. The fourth-order valence-electron chi connectivity index (χ4n) is 4.45. The summed E-state index contributed by atoms with van der Waals surface area (Å²) in [6.45, 7) is 4.65. The first kappa shape index (κ1) is 35.0. The maximum absolute atomic E-state index is 14.8. The summed E-state index contributed by atoms with van der Waals surface area (Å²) >= 11 is 0. The summed E-state index contributed by atoms with van der Waals surface area (Å²) < 4.78 is 65.8. The monoisotopic (exact) mass is 645 g/mol. The van der Waals surface area contributed by atoms with Gasteiger partial charge in [-0.3, -0.25) is 13.9 Å². The lowest BCUT2D eigenvalue weighted by molar-refractivity contribution is -0.139. The molecule has 0 heterocycles. The van der Waals surface area contributed by atoms with Crippen molar-refractivity contribution in [2.75, 3.05) is 45.8 Å². The van der Waals surface area contributed by atoms with E-state index in [9.17, 15) is 22.4 Å². The minimum atomic E-state index is -4.51. The topological polar surface area (TPSA) is 124 Å². The van der Waals surface area contributed by atoms with E-state index in [2.05, 4.69) is 5.32 Å². The first-order valence-corrected chi connectivity index (χ1v) is 15.6. The summed E-state index contributed by atoms with van der Waals surface area (Å²) in [5, 5.41) is 2.79. The highest BCUT2D eigenvalue weighted by atomic mass is 32.2. The van der Waals surface area contributed by atoms with Crippen LogP contribution in [0.3, 0.4) is 0 Å². The molecule has 0 bridgehead atoms. The third-order valence-corrected chi connectivity index (χ3v) is 8.78. The number of sulfonamides is 1. The van der Waals surface area contributed by atoms with Crippen molar-refractivity contribution >= 4 is 27.5 Å². The highest BCUT2D eigenvalue weighted by Crippen LogP contribution is 2.37. The van der Waals surface area contributed by atoms with Crippen LogP contribution in [0.5, 0.6) is 23.0 Å². The SMILES string of the molecule is COc1ccc(OC)c(N(CC(=O)N(Cc2ccccc2F)[C@H](C)C(=O)NCC(C)C)S(=O)(=O)c2ccc(OC)c(OC)c2)c1. The summed E-state index contributed by atoms with van der Waals surface area (Å²) in [6, 6.07) is 13.3. The molecule has 0 fully saturated rings. The lowest BCUT2D eigenvalue weighted by atomic mass is 10.1. The van der Waals surface area contributed by atoms with Gasteiger partial charge < -0.3 is 29.2 Å². The molecular weight excluding hydrogens is 605 g/mol. The third kappa shape index (κ3) is 8.35. The quantitative estimate of drug-likeness (QED) is 0.260. The molecule has 1 N–H and O–H groups in total. The number of carbonyl (C=O) groups is 2. The van der Waals surface area contributed by atoms with Crippen LogP contribution in [0.4, 0.5) is 10.1 Å². The molecule has 45 heavy (non-hydrogen) atoms. The molecule has 2 amide bonds. The number of rotatable bonds is 15. The molecule has 0 aliphatic rings. The van der Waals surface area contributed by atoms with E-state index in [1.54, 1.807) is 12.1 Å². The molecule has 13 heteroatoms. The Balaban J connectivity index is 2.17. The number of hydrogen-bond donors (Lipinski definition) is 1. The Morgan fingerprint density at radius 2 is 1.49 bits per heavy atom. The number of nitrogens with one attached hydrogen (secondary N) is 1. The second-order valence-electron chi connectivity index (χ2n) is 10.5. The highest BCUT2D eigenvalue weighted by Gasteiger charge is 2.35. The second kappa shape index (κ2) is 15.5. The van der Waals surface area contributed by atoms with Crippen LogP contribution in [-0.2, 0) is 26.2 Å². The average molecular weight is 646 g/mol. The zero-order valence-corrected chi connectivity index (χ0v) is 27.3. The van der Waals surface area contributed by atoms with Crippen LogP contribution in [0.1, 0.15) is 26.3 Å². The van der Waals surface area contributed by atoms with Crippen molar-refractivity contribution in [3.63, 3.8) is 0 Å². The van der Waals surface area contributed by atoms with Gasteiger partial charge in [0.05, 0.1) is 39.0 Å². The van der Waals surface area contributed by atoms with Gasteiger partial charge in [-0.15, -0.1) is 0 Å². The van der Waals surface area contributed by atoms with Gasteiger partial charge in [0.15, 0.2) is 11.5 Å². The molecule has 0 saturated heterocycles. The molecule has 0 unspecified atom stereocenters. The first-order valence-electron chi connectivity index (χ1n) is 14.1. The Hall–Kier alpha value is -4.52. The molecule has 3 aromatic carbocycles. The van der Waals surface area contributed by atoms with Crippen LogP contribution >= 0.6 is 0 Å². The van der Waals surface area contributed by atoms with Gasteiger partial charge in [-0.05, 0) is 43.2 Å². The summed E-state index contributed by atoms with van der Waals surface area (Å²) in [5.41, 5.74) is 0.158. The van der Waals surface area contributed by atoms with Crippen molar-refractivity contribution in [1.29, 1.82) is 0 Å². The van der Waals surface area contributed by atoms with Crippen LogP contribution < -0.4 is 28.6 Å². The number of nitrogens with zero attached hydrogens (tertiary/aromatic N) is 2. The number of carbonyl (C=O) groups excluding carboxylic acids is 2. The molecule has 0 spiro atoms. The smallest absolute Gasteiger partial charge is 0.265 e. The van der Waals surface area contributed by atoms with Crippen LogP contribution in [0, 0.1) is 11.7 Å². The normalized spacial score (nSPS) is 11.8. The van der Waals surface area contributed by atoms with Crippen molar-refractivity contribution in [2.45, 2.75) is 38.3 Å². The van der Waals surface area contributed by atoms with E-state index in [4.69, 9.17) is 18.9 Å². The molecular formula is C32H40FN3O8S. The molecule has 0 aliphatic carbocycles. The summed E-state index contributed by atoms with van der Waals surface area (Å²) in [5.74, 6) is -0.782. The minimum Gasteiger partial charge on any atom is -0.497 e. The summed E-state index contributed by atoms with van der Waals surface area (Å²) in [7, 11) is 1.05. The Bertz CT molecular complexity index is 1600. The number of amides is 2. The van der Waals surface area contributed by atoms with E-state index in [1.807, 2.05) is 13.8 Å². The van der Waals surface area contributed by atoms with Gasteiger partial charge in [0, 0.05) is 30.8 Å². The molecule has 3 aromatic rings. The van der Waals surface area contributed by atoms with Gasteiger partial charge in [0.2, 0.25) is 11.8 Å². The van der Waals surface area contributed by atoms with Gasteiger partial charge in [-0.25, -0.2) is 12.8 Å². The average Bonchev–Trinajstić information content (AvgIpc) is 3.04. The summed E-state index contributed by atoms with van der Waals surface area (Å²) in [6.07, 6.45) is 0. The Kier molecular flexibility index (Phi) is 12.0. The predicted molar refractivity (Wildman–Crippen MR) is 168 cm³/mol. The van der Waals surface area contributed by atoms with Gasteiger partial charge in [-0.2, -0.15) is 0 Å².